The standard InChI is InChI=1S/C18H19F3N2O2/c19-18(20,21)15-8-11(4-5-14(15)16(22)10-24)13-3-1-2-12-9-23-6-7-25-17(12)13/h1-5,8,16,23-24H,6-7,9-10,22H2. The van der Waals surface area contributed by atoms with E-state index in [1.165, 1.54) is 6.07 Å². The van der Waals surface area contributed by atoms with Crippen molar-refractivity contribution in [1.29, 1.82) is 0 Å². The Balaban J connectivity index is 2.13. The highest BCUT2D eigenvalue weighted by Gasteiger charge is 2.35. The minimum Gasteiger partial charge on any atom is -0.491 e. The van der Waals surface area contributed by atoms with Crippen molar-refractivity contribution in [2.24, 2.45) is 5.73 Å². The molecule has 0 bridgehead atoms. The van der Waals surface area contributed by atoms with Gasteiger partial charge in [0.05, 0.1) is 18.2 Å². The SMILES string of the molecule is NC(CO)c1ccc(-c2cccc3c2OCCNC3)cc1C(F)(F)F. The first-order valence-electron chi connectivity index (χ1n) is 7.95. The van der Waals surface area contributed by atoms with E-state index in [2.05, 4.69) is 5.32 Å². The molecule has 0 fully saturated rings. The molecule has 4 N–H and O–H groups in total. The molecule has 25 heavy (non-hydrogen) atoms. The van der Waals surface area contributed by atoms with E-state index < -0.39 is 24.4 Å². The highest BCUT2D eigenvalue weighted by atomic mass is 19.4. The highest BCUT2D eigenvalue weighted by Crippen LogP contribution is 2.40. The number of para-hydroxylation sites is 1. The molecule has 0 radical (unpaired) electrons. The van der Waals surface area contributed by atoms with Gasteiger partial charge < -0.3 is 20.9 Å². The third kappa shape index (κ3) is 3.63. The second-order valence-corrected chi connectivity index (χ2v) is 5.91. The maximum absolute atomic E-state index is 13.5. The normalized spacial score (nSPS) is 15.9. The van der Waals surface area contributed by atoms with Crippen LogP contribution >= 0.6 is 0 Å². The first-order chi connectivity index (χ1) is 11.9. The molecule has 0 amide bonds. The van der Waals surface area contributed by atoms with E-state index in [1.807, 2.05) is 6.07 Å². The molecule has 1 aliphatic heterocycles. The van der Waals surface area contributed by atoms with Crippen LogP contribution in [-0.4, -0.2) is 24.9 Å². The number of hydrogen-bond donors (Lipinski definition) is 3. The van der Waals surface area contributed by atoms with Gasteiger partial charge in [0.15, 0.2) is 0 Å². The Kier molecular flexibility index (Phi) is 4.99. The minimum absolute atomic E-state index is 0.122. The van der Waals surface area contributed by atoms with Crippen molar-refractivity contribution < 1.29 is 23.0 Å². The number of fused-ring (bicyclic) bond motifs is 1. The zero-order valence-electron chi connectivity index (χ0n) is 13.4. The quantitative estimate of drug-likeness (QED) is 0.795. The molecule has 7 heteroatoms. The second kappa shape index (κ2) is 7.03. The van der Waals surface area contributed by atoms with Crippen LogP contribution in [-0.2, 0) is 12.7 Å². The number of hydrogen-bond acceptors (Lipinski definition) is 4. The van der Waals surface area contributed by atoms with Crippen LogP contribution in [0.25, 0.3) is 11.1 Å². The van der Waals surface area contributed by atoms with Gasteiger partial charge in [0.25, 0.3) is 0 Å². The maximum Gasteiger partial charge on any atom is 0.416 e. The molecule has 2 aromatic rings. The van der Waals surface area contributed by atoms with Gasteiger partial charge in [-0.3, -0.25) is 0 Å². The van der Waals surface area contributed by atoms with E-state index in [9.17, 15) is 13.2 Å². The van der Waals surface area contributed by atoms with E-state index in [0.717, 1.165) is 11.6 Å². The molecule has 0 aliphatic carbocycles. The summed E-state index contributed by atoms with van der Waals surface area (Å²) < 4.78 is 46.1. The number of rotatable bonds is 3. The number of nitrogens with one attached hydrogen (secondary N) is 1. The van der Waals surface area contributed by atoms with Gasteiger partial charge in [-0.1, -0.05) is 30.3 Å². The fourth-order valence-corrected chi connectivity index (χ4v) is 2.96. The van der Waals surface area contributed by atoms with Crippen LogP contribution in [0.4, 0.5) is 13.2 Å². The zero-order chi connectivity index (χ0) is 18.0. The lowest BCUT2D eigenvalue weighted by Gasteiger charge is -2.19. The molecule has 4 nitrogen and oxygen atoms in total. The molecule has 0 saturated heterocycles. The summed E-state index contributed by atoms with van der Waals surface area (Å²) in [6.07, 6.45) is -4.56. The molecule has 2 aromatic carbocycles. The molecule has 1 heterocycles. The Hall–Kier alpha value is -2.09. The molecule has 0 spiro atoms. The summed E-state index contributed by atoms with van der Waals surface area (Å²) in [5, 5.41) is 12.3. The van der Waals surface area contributed by atoms with Crippen molar-refractivity contribution in [2.75, 3.05) is 19.8 Å². The van der Waals surface area contributed by atoms with Crippen molar-refractivity contribution in [3.63, 3.8) is 0 Å². The fraction of sp³-hybridized carbons (Fsp3) is 0.333. The van der Waals surface area contributed by atoms with E-state index in [0.29, 0.717) is 36.6 Å². The molecule has 0 aromatic heterocycles. The first-order valence-corrected chi connectivity index (χ1v) is 7.95. The third-order valence-electron chi connectivity index (χ3n) is 4.20. The van der Waals surface area contributed by atoms with Gasteiger partial charge in [0, 0.05) is 24.2 Å². The van der Waals surface area contributed by atoms with Crippen LogP contribution in [0.15, 0.2) is 36.4 Å². The molecule has 1 atom stereocenters. The zero-order valence-corrected chi connectivity index (χ0v) is 13.4. The largest absolute Gasteiger partial charge is 0.491 e. The number of alkyl halides is 3. The van der Waals surface area contributed by atoms with Gasteiger partial charge in [0.1, 0.15) is 12.4 Å². The van der Waals surface area contributed by atoms with Gasteiger partial charge in [-0.15, -0.1) is 0 Å². The summed E-state index contributed by atoms with van der Waals surface area (Å²) in [6.45, 7) is 1.16. The summed E-state index contributed by atoms with van der Waals surface area (Å²) in [6, 6.07) is 8.32. The number of ether oxygens (including phenoxy) is 1. The van der Waals surface area contributed by atoms with Crippen LogP contribution in [0.3, 0.4) is 0 Å². The number of aliphatic hydroxyl groups excluding tert-OH is 1. The summed E-state index contributed by atoms with van der Waals surface area (Å²) in [5.41, 5.74) is 6.58. The average Bonchev–Trinajstić information content (AvgIpc) is 2.85. The molecule has 0 saturated carbocycles. The topological polar surface area (TPSA) is 67.5 Å². The first kappa shape index (κ1) is 17.7. The summed E-state index contributed by atoms with van der Waals surface area (Å²) in [5.74, 6) is 0.597. The molecular formula is C18H19F3N2O2. The molecule has 134 valence electrons. The van der Waals surface area contributed by atoms with Gasteiger partial charge in [-0.05, 0) is 17.2 Å². The number of benzene rings is 2. The minimum atomic E-state index is -4.56. The lowest BCUT2D eigenvalue weighted by Crippen LogP contribution is -2.20. The molecule has 3 rings (SSSR count). The Morgan fingerprint density at radius 1 is 1.24 bits per heavy atom. The average molecular weight is 352 g/mol. The van der Waals surface area contributed by atoms with Gasteiger partial charge >= 0.3 is 6.18 Å². The monoisotopic (exact) mass is 352 g/mol. The predicted molar refractivity (Wildman–Crippen MR) is 88.1 cm³/mol. The number of aliphatic hydroxyl groups is 1. The summed E-state index contributed by atoms with van der Waals surface area (Å²) in [7, 11) is 0. The van der Waals surface area contributed by atoms with Crippen LogP contribution in [0.1, 0.15) is 22.7 Å². The Morgan fingerprint density at radius 3 is 2.76 bits per heavy atom. The van der Waals surface area contributed by atoms with E-state index in [4.69, 9.17) is 15.6 Å². The van der Waals surface area contributed by atoms with Crippen molar-refractivity contribution in [2.45, 2.75) is 18.8 Å². The smallest absolute Gasteiger partial charge is 0.416 e. The summed E-state index contributed by atoms with van der Waals surface area (Å²) >= 11 is 0. The van der Waals surface area contributed by atoms with E-state index >= 15 is 0 Å². The van der Waals surface area contributed by atoms with Crippen molar-refractivity contribution in [3.8, 4) is 16.9 Å². The second-order valence-electron chi connectivity index (χ2n) is 5.91. The van der Waals surface area contributed by atoms with Crippen molar-refractivity contribution >= 4 is 0 Å². The van der Waals surface area contributed by atoms with Gasteiger partial charge in [-0.25, -0.2) is 0 Å². The fourth-order valence-electron chi connectivity index (χ4n) is 2.96. The van der Waals surface area contributed by atoms with Gasteiger partial charge in [-0.2, -0.15) is 13.2 Å². The van der Waals surface area contributed by atoms with Crippen LogP contribution in [0.2, 0.25) is 0 Å². The maximum atomic E-state index is 13.5. The van der Waals surface area contributed by atoms with Crippen molar-refractivity contribution in [1.82, 2.24) is 5.32 Å². The van der Waals surface area contributed by atoms with E-state index in [1.54, 1.807) is 18.2 Å². The molecular weight excluding hydrogens is 333 g/mol. The van der Waals surface area contributed by atoms with Gasteiger partial charge in [0.2, 0.25) is 0 Å². The van der Waals surface area contributed by atoms with Crippen LogP contribution in [0.5, 0.6) is 5.75 Å². The predicted octanol–water partition coefficient (Wildman–Crippen LogP) is 2.85. The summed E-state index contributed by atoms with van der Waals surface area (Å²) in [4.78, 5) is 0. The number of nitrogens with two attached hydrogens (primary N) is 1. The van der Waals surface area contributed by atoms with E-state index in [-0.39, 0.29) is 5.56 Å². The molecule has 1 unspecified atom stereocenters. The number of halogens is 3. The lowest BCUT2D eigenvalue weighted by atomic mass is 9.94. The molecule has 1 aliphatic rings. The lowest BCUT2D eigenvalue weighted by molar-refractivity contribution is -0.138. The highest BCUT2D eigenvalue weighted by molar-refractivity contribution is 5.73. The van der Waals surface area contributed by atoms with Crippen LogP contribution in [0, 0.1) is 0 Å². The van der Waals surface area contributed by atoms with Crippen LogP contribution < -0.4 is 15.8 Å². The Bertz CT molecular complexity index is 762. The van der Waals surface area contributed by atoms with Crippen molar-refractivity contribution in [3.05, 3.63) is 53.1 Å². The Morgan fingerprint density at radius 2 is 2.04 bits per heavy atom. The third-order valence-corrected chi connectivity index (χ3v) is 4.20. The Labute approximate surface area is 143 Å².